The third kappa shape index (κ3) is 3.20. The predicted octanol–water partition coefficient (Wildman–Crippen LogP) is 2.28. The second-order valence-corrected chi connectivity index (χ2v) is 8.37. The molecule has 32 heavy (non-hydrogen) atoms. The van der Waals surface area contributed by atoms with Gasteiger partial charge in [0.2, 0.25) is 0 Å². The molecule has 2 aromatic heterocycles. The van der Waals surface area contributed by atoms with E-state index in [2.05, 4.69) is 10.1 Å². The van der Waals surface area contributed by atoms with Gasteiger partial charge in [-0.1, -0.05) is 13.0 Å². The second kappa shape index (κ2) is 7.59. The summed E-state index contributed by atoms with van der Waals surface area (Å²) in [4.78, 5) is 29.3. The van der Waals surface area contributed by atoms with E-state index < -0.39 is 5.41 Å². The number of carbonyl (C=O) groups excluding carboxylic acids is 2. The number of fused-ring (bicyclic) bond motifs is 2. The van der Waals surface area contributed by atoms with Gasteiger partial charge in [-0.2, -0.15) is 0 Å². The van der Waals surface area contributed by atoms with E-state index in [0.717, 1.165) is 16.8 Å². The van der Waals surface area contributed by atoms with Crippen LogP contribution in [0.3, 0.4) is 0 Å². The summed E-state index contributed by atoms with van der Waals surface area (Å²) < 4.78 is 17.7. The van der Waals surface area contributed by atoms with E-state index in [1.807, 2.05) is 25.1 Å². The highest BCUT2D eigenvalue weighted by Crippen LogP contribution is 2.48. The van der Waals surface area contributed by atoms with E-state index >= 15 is 0 Å². The van der Waals surface area contributed by atoms with Crippen LogP contribution in [0.2, 0.25) is 0 Å². The Kier molecular flexibility index (Phi) is 4.85. The number of hydrogen-bond donors (Lipinski definition) is 1. The zero-order valence-electron chi connectivity index (χ0n) is 17.8. The molecule has 0 spiro atoms. The number of cyclic esters (lactones) is 1. The second-order valence-electron chi connectivity index (χ2n) is 8.37. The van der Waals surface area contributed by atoms with Crippen LogP contribution in [0, 0.1) is 5.92 Å². The Morgan fingerprint density at radius 2 is 2.12 bits per heavy atom. The molecule has 0 saturated heterocycles. The van der Waals surface area contributed by atoms with Crippen LogP contribution in [0.5, 0.6) is 5.75 Å². The molecule has 166 valence electrons. The summed E-state index contributed by atoms with van der Waals surface area (Å²) in [5.74, 6) is 0.0996. The topological polar surface area (TPSA) is 112 Å². The van der Waals surface area contributed by atoms with Crippen molar-refractivity contribution in [2.75, 3.05) is 20.3 Å². The molecule has 2 aliphatic rings. The third-order valence-electron chi connectivity index (χ3n) is 6.03. The maximum Gasteiger partial charge on any atom is 0.338 e. The Balaban J connectivity index is 1.55. The zero-order chi connectivity index (χ0) is 22.5. The van der Waals surface area contributed by atoms with Gasteiger partial charge in [0.25, 0.3) is 0 Å². The van der Waals surface area contributed by atoms with Gasteiger partial charge in [-0.25, -0.2) is 14.3 Å². The van der Waals surface area contributed by atoms with Crippen LogP contribution < -0.4 is 4.74 Å². The molecule has 3 heterocycles. The number of aliphatic hydroxyl groups is 1. The van der Waals surface area contributed by atoms with Crippen LogP contribution in [-0.2, 0) is 26.3 Å². The summed E-state index contributed by atoms with van der Waals surface area (Å²) >= 11 is 0. The summed E-state index contributed by atoms with van der Waals surface area (Å²) in [6.45, 7) is 2.15. The largest absolute Gasteiger partial charge is 0.493 e. The Bertz CT molecular complexity index is 1230. The van der Waals surface area contributed by atoms with Gasteiger partial charge in [0.1, 0.15) is 12.0 Å². The van der Waals surface area contributed by atoms with Gasteiger partial charge in [0, 0.05) is 23.7 Å². The van der Waals surface area contributed by atoms with Gasteiger partial charge in [-0.05, 0) is 37.1 Å². The van der Waals surface area contributed by atoms with Crippen molar-refractivity contribution in [1.29, 1.82) is 0 Å². The number of nitrogens with zero attached hydrogens (tertiary/aromatic N) is 3. The Morgan fingerprint density at radius 1 is 1.31 bits per heavy atom. The van der Waals surface area contributed by atoms with Gasteiger partial charge < -0.3 is 19.3 Å². The number of methoxy groups -OCH3 is 1. The summed E-state index contributed by atoms with van der Waals surface area (Å²) in [7, 11) is 1.55. The SMILES string of the molecule is COc1ccc(-c2ccc3c(c2)COC3=O)n2nc(C3(C(=O)OC[C@@H](C)CO)CC3)nc12. The lowest BCUT2D eigenvalue weighted by Gasteiger charge is -2.13. The number of aromatic nitrogens is 3. The molecule has 1 N–H and O–H groups in total. The monoisotopic (exact) mass is 437 g/mol. The molecule has 0 bridgehead atoms. The van der Waals surface area contributed by atoms with Crippen LogP contribution >= 0.6 is 0 Å². The van der Waals surface area contributed by atoms with Gasteiger partial charge in [0.05, 0.1) is 25.0 Å². The zero-order valence-corrected chi connectivity index (χ0v) is 17.8. The molecule has 1 aliphatic carbocycles. The molecule has 9 heteroatoms. The highest BCUT2D eigenvalue weighted by molar-refractivity contribution is 5.94. The molecule has 0 unspecified atom stereocenters. The highest BCUT2D eigenvalue weighted by atomic mass is 16.5. The molecular weight excluding hydrogens is 414 g/mol. The molecule has 0 radical (unpaired) electrons. The normalized spacial score (nSPS) is 17.0. The number of aliphatic hydroxyl groups excluding tert-OH is 1. The average molecular weight is 437 g/mol. The molecule has 3 aromatic rings. The van der Waals surface area contributed by atoms with Gasteiger partial charge >= 0.3 is 11.9 Å². The number of hydrogen-bond acceptors (Lipinski definition) is 8. The fraction of sp³-hybridized carbons (Fsp3) is 0.391. The molecule has 5 rings (SSSR count). The lowest BCUT2D eigenvalue weighted by atomic mass is 10.0. The number of benzene rings is 1. The van der Waals surface area contributed by atoms with Crippen LogP contribution in [0.25, 0.3) is 16.9 Å². The Labute approximate surface area is 183 Å². The van der Waals surface area contributed by atoms with Crippen molar-refractivity contribution >= 4 is 17.6 Å². The van der Waals surface area contributed by atoms with Crippen molar-refractivity contribution in [1.82, 2.24) is 14.6 Å². The van der Waals surface area contributed by atoms with Crippen molar-refractivity contribution in [3.8, 4) is 17.0 Å². The predicted molar refractivity (Wildman–Crippen MR) is 112 cm³/mol. The van der Waals surface area contributed by atoms with E-state index in [0.29, 0.717) is 35.6 Å². The number of rotatable bonds is 7. The third-order valence-corrected chi connectivity index (χ3v) is 6.03. The molecule has 1 aromatic carbocycles. The quantitative estimate of drug-likeness (QED) is 0.560. The fourth-order valence-electron chi connectivity index (χ4n) is 3.87. The van der Waals surface area contributed by atoms with E-state index in [1.54, 1.807) is 23.8 Å². The van der Waals surface area contributed by atoms with Crippen molar-refractivity contribution in [2.45, 2.75) is 31.8 Å². The minimum absolute atomic E-state index is 0.0507. The Morgan fingerprint density at radius 3 is 2.84 bits per heavy atom. The first kappa shape index (κ1) is 20.4. The lowest BCUT2D eigenvalue weighted by molar-refractivity contribution is -0.148. The van der Waals surface area contributed by atoms with Gasteiger partial charge in [0.15, 0.2) is 17.2 Å². The van der Waals surface area contributed by atoms with E-state index in [4.69, 9.17) is 14.2 Å². The molecule has 1 atom stereocenters. The summed E-state index contributed by atoms with van der Waals surface area (Å²) in [6, 6.07) is 9.16. The van der Waals surface area contributed by atoms with E-state index in [9.17, 15) is 14.7 Å². The first-order valence-corrected chi connectivity index (χ1v) is 10.5. The van der Waals surface area contributed by atoms with Gasteiger partial charge in [-0.15, -0.1) is 5.10 Å². The van der Waals surface area contributed by atoms with Crippen LogP contribution in [-0.4, -0.2) is 52.0 Å². The molecular formula is C23H23N3O6. The number of esters is 2. The van der Waals surface area contributed by atoms with Crippen molar-refractivity contribution in [3.05, 3.63) is 47.3 Å². The van der Waals surface area contributed by atoms with E-state index in [1.165, 1.54) is 0 Å². The summed E-state index contributed by atoms with van der Waals surface area (Å²) in [5, 5.41) is 13.9. The molecule has 1 fully saturated rings. The van der Waals surface area contributed by atoms with Crippen LogP contribution in [0.1, 0.15) is 41.5 Å². The number of carbonyl (C=O) groups is 2. The van der Waals surface area contributed by atoms with Crippen molar-refractivity contribution in [3.63, 3.8) is 0 Å². The maximum absolute atomic E-state index is 12.8. The summed E-state index contributed by atoms with van der Waals surface area (Å²) in [6.07, 6.45) is 1.21. The lowest BCUT2D eigenvalue weighted by Crippen LogP contribution is -2.27. The van der Waals surface area contributed by atoms with E-state index in [-0.39, 0.29) is 37.7 Å². The summed E-state index contributed by atoms with van der Waals surface area (Å²) in [5.41, 5.74) is 2.60. The van der Waals surface area contributed by atoms with Crippen molar-refractivity contribution < 1.29 is 28.9 Å². The number of ether oxygens (including phenoxy) is 3. The number of pyridine rings is 1. The van der Waals surface area contributed by atoms with Crippen molar-refractivity contribution in [2.24, 2.45) is 5.92 Å². The molecule has 1 saturated carbocycles. The standard InChI is InChI=1S/C23H23N3O6/c1-13(10-27)11-32-22(29)23(7-8-23)21-24-19-18(30-2)6-5-17(26(19)25-21)14-3-4-16-15(9-14)12-31-20(16)28/h3-6,9,13,27H,7-8,10-12H2,1-2H3/t13-/m0/s1. The maximum atomic E-state index is 12.8. The smallest absolute Gasteiger partial charge is 0.338 e. The van der Waals surface area contributed by atoms with Gasteiger partial charge in [-0.3, -0.25) is 4.79 Å². The van der Waals surface area contributed by atoms with Crippen LogP contribution in [0.15, 0.2) is 30.3 Å². The molecule has 0 amide bonds. The minimum atomic E-state index is -0.873. The molecule has 1 aliphatic heterocycles. The molecule has 9 nitrogen and oxygen atoms in total. The average Bonchev–Trinajstić information content (AvgIpc) is 3.37. The van der Waals surface area contributed by atoms with Crippen LogP contribution in [0.4, 0.5) is 0 Å². The first-order chi connectivity index (χ1) is 15.5. The fourth-order valence-corrected chi connectivity index (χ4v) is 3.87. The minimum Gasteiger partial charge on any atom is -0.493 e. The highest BCUT2D eigenvalue weighted by Gasteiger charge is 2.56. The first-order valence-electron chi connectivity index (χ1n) is 10.5. The Hall–Kier alpha value is -3.46.